The monoisotopic (exact) mass is 423 g/mol. The number of rotatable bonds is 6. The molecule has 1 aliphatic rings. The van der Waals surface area contributed by atoms with Crippen molar-refractivity contribution in [3.8, 4) is 11.5 Å². The van der Waals surface area contributed by atoms with E-state index in [9.17, 15) is 4.79 Å². The van der Waals surface area contributed by atoms with E-state index in [1.54, 1.807) is 14.2 Å². The smallest absolute Gasteiger partial charge is 0.266 e. The Bertz CT molecular complexity index is 742. The van der Waals surface area contributed by atoms with Crippen molar-refractivity contribution >= 4 is 29.0 Å². The number of benzene rings is 2. The van der Waals surface area contributed by atoms with Gasteiger partial charge in [0.05, 0.1) is 20.8 Å². The van der Waals surface area contributed by atoms with E-state index < -0.39 is 10.7 Å². The molecule has 0 spiro atoms. The van der Waals surface area contributed by atoms with Gasteiger partial charge in [0.2, 0.25) is 0 Å². The van der Waals surface area contributed by atoms with Gasteiger partial charge in [0.1, 0.15) is 11.5 Å². The highest BCUT2D eigenvalue weighted by Crippen LogP contribution is 2.23. The first-order valence-electron chi connectivity index (χ1n) is 8.90. The maximum atomic E-state index is 12.6. The van der Waals surface area contributed by atoms with Crippen LogP contribution in [-0.2, 0) is 15.5 Å². The average Bonchev–Trinajstić information content (AvgIpc) is 2.73. The highest BCUT2D eigenvalue weighted by atomic mass is 35.5. The summed E-state index contributed by atoms with van der Waals surface area (Å²) in [6.45, 7) is 3.93. The van der Waals surface area contributed by atoms with E-state index >= 15 is 0 Å². The van der Waals surface area contributed by atoms with Gasteiger partial charge < -0.3 is 14.8 Å². The maximum absolute atomic E-state index is 12.6. The van der Waals surface area contributed by atoms with Gasteiger partial charge in [-0.2, -0.15) is 4.36 Å². The Hall–Kier alpha value is -1.93. The average molecular weight is 424 g/mol. The molecule has 3 rings (SSSR count). The van der Waals surface area contributed by atoms with Gasteiger partial charge in [0, 0.05) is 36.0 Å². The molecule has 1 saturated heterocycles. The molecule has 1 amide bonds. The number of methoxy groups -OCH3 is 2. The van der Waals surface area contributed by atoms with Gasteiger partial charge in [-0.3, -0.25) is 9.69 Å². The van der Waals surface area contributed by atoms with E-state index in [4.69, 9.17) is 9.47 Å². The van der Waals surface area contributed by atoms with Crippen LogP contribution in [0.2, 0.25) is 0 Å². The molecule has 2 aromatic rings. The predicted molar refractivity (Wildman–Crippen MR) is 114 cm³/mol. The topological polar surface area (TPSA) is 63.2 Å². The fraction of sp³-hybridized carbons (Fsp3) is 0.350. The Morgan fingerprint density at radius 3 is 1.86 bits per heavy atom. The molecule has 28 heavy (non-hydrogen) atoms. The SMILES string of the molecule is COc1ccc(S(=NC(=O)CN2CCNCC2)c2ccc(OC)cc2)cc1.Cl. The van der Waals surface area contributed by atoms with Crippen LogP contribution in [0.3, 0.4) is 0 Å². The summed E-state index contributed by atoms with van der Waals surface area (Å²) in [6, 6.07) is 15.5. The normalized spacial score (nSPS) is 14.2. The minimum atomic E-state index is -0.684. The van der Waals surface area contributed by atoms with Crippen molar-refractivity contribution < 1.29 is 14.3 Å². The molecule has 0 bridgehead atoms. The Labute approximate surface area is 174 Å². The maximum Gasteiger partial charge on any atom is 0.266 e. The molecule has 1 heterocycles. The van der Waals surface area contributed by atoms with Gasteiger partial charge in [0.15, 0.2) is 0 Å². The molecule has 6 nitrogen and oxygen atoms in total. The number of piperazine rings is 1. The van der Waals surface area contributed by atoms with E-state index in [-0.39, 0.29) is 18.3 Å². The molecule has 0 radical (unpaired) electrons. The van der Waals surface area contributed by atoms with Crippen molar-refractivity contribution in [2.45, 2.75) is 9.79 Å². The molecule has 1 fully saturated rings. The second-order valence-corrected chi connectivity index (χ2v) is 7.84. The number of ether oxygens (including phenoxy) is 2. The Balaban J connectivity index is 0.00000280. The van der Waals surface area contributed by atoms with Crippen LogP contribution in [-0.4, -0.2) is 57.8 Å². The molecule has 1 N–H and O–H groups in total. The molecule has 0 aliphatic carbocycles. The third kappa shape index (κ3) is 6.04. The molecule has 0 aromatic heterocycles. The molecular weight excluding hydrogens is 398 g/mol. The first kappa shape index (κ1) is 22.4. The predicted octanol–water partition coefficient (Wildman–Crippen LogP) is 2.78. The molecule has 2 aromatic carbocycles. The molecule has 152 valence electrons. The quantitative estimate of drug-likeness (QED) is 0.774. The van der Waals surface area contributed by atoms with Gasteiger partial charge in [-0.05, 0) is 59.2 Å². The zero-order valence-corrected chi connectivity index (χ0v) is 17.7. The molecule has 8 heteroatoms. The minimum Gasteiger partial charge on any atom is -0.497 e. The van der Waals surface area contributed by atoms with Crippen molar-refractivity contribution in [3.05, 3.63) is 48.5 Å². The standard InChI is InChI=1S/C20H25N3O3S.ClH/c1-25-16-3-7-18(8-4-16)27(19-9-5-17(26-2)6-10-19)22-20(24)15-23-13-11-21-12-14-23;/h3-10,21H,11-15H2,1-2H3;1H. The summed E-state index contributed by atoms with van der Waals surface area (Å²) < 4.78 is 15.1. The number of carbonyl (C=O) groups is 1. The fourth-order valence-corrected chi connectivity index (χ4v) is 4.37. The van der Waals surface area contributed by atoms with Crippen LogP contribution in [0.25, 0.3) is 0 Å². The minimum absolute atomic E-state index is 0. The molecule has 0 saturated carbocycles. The van der Waals surface area contributed by atoms with Gasteiger partial charge in [0.25, 0.3) is 5.91 Å². The van der Waals surface area contributed by atoms with Crippen molar-refractivity contribution in [2.75, 3.05) is 46.9 Å². The zero-order chi connectivity index (χ0) is 19.1. The summed E-state index contributed by atoms with van der Waals surface area (Å²) in [4.78, 5) is 16.8. The van der Waals surface area contributed by atoms with Crippen LogP contribution >= 0.6 is 12.4 Å². The number of nitrogens with zero attached hydrogens (tertiary/aromatic N) is 2. The second-order valence-electron chi connectivity index (χ2n) is 6.15. The number of amides is 1. The third-order valence-corrected chi connectivity index (χ3v) is 6.15. The summed E-state index contributed by atoms with van der Waals surface area (Å²) in [5.74, 6) is 1.47. The Morgan fingerprint density at radius 2 is 1.43 bits per heavy atom. The first-order valence-corrected chi connectivity index (χ1v) is 10.1. The highest BCUT2D eigenvalue weighted by Gasteiger charge is 2.15. The lowest BCUT2D eigenvalue weighted by Gasteiger charge is -2.25. The van der Waals surface area contributed by atoms with E-state index in [1.807, 2.05) is 48.5 Å². The van der Waals surface area contributed by atoms with Crippen molar-refractivity contribution in [1.82, 2.24) is 10.2 Å². The third-order valence-electron chi connectivity index (χ3n) is 4.33. The van der Waals surface area contributed by atoms with E-state index in [0.717, 1.165) is 47.5 Å². The number of halogens is 1. The first-order chi connectivity index (χ1) is 13.2. The summed E-state index contributed by atoms with van der Waals surface area (Å²) in [5, 5.41) is 3.30. The summed E-state index contributed by atoms with van der Waals surface area (Å²) in [5.41, 5.74) is 0. The van der Waals surface area contributed by atoms with E-state index in [0.29, 0.717) is 6.54 Å². The molecular formula is C20H26ClN3O3S. The van der Waals surface area contributed by atoms with Crippen LogP contribution in [0, 0.1) is 0 Å². The van der Waals surface area contributed by atoms with Crippen LogP contribution in [0.15, 0.2) is 62.7 Å². The number of nitrogens with one attached hydrogen (secondary N) is 1. The van der Waals surface area contributed by atoms with E-state index in [2.05, 4.69) is 14.6 Å². The van der Waals surface area contributed by atoms with Crippen molar-refractivity contribution in [2.24, 2.45) is 4.36 Å². The molecule has 0 unspecified atom stereocenters. The lowest BCUT2D eigenvalue weighted by atomic mass is 10.3. The van der Waals surface area contributed by atoms with Crippen LogP contribution in [0.1, 0.15) is 0 Å². The summed E-state index contributed by atoms with van der Waals surface area (Å²) in [6.07, 6.45) is 0. The summed E-state index contributed by atoms with van der Waals surface area (Å²) in [7, 11) is 2.59. The van der Waals surface area contributed by atoms with Gasteiger partial charge >= 0.3 is 0 Å². The van der Waals surface area contributed by atoms with Crippen molar-refractivity contribution in [1.29, 1.82) is 0 Å². The van der Waals surface area contributed by atoms with Gasteiger partial charge in [-0.1, -0.05) is 0 Å². The van der Waals surface area contributed by atoms with Crippen LogP contribution in [0.5, 0.6) is 11.5 Å². The molecule has 1 aliphatic heterocycles. The number of hydrogen-bond donors (Lipinski definition) is 1. The second kappa shape index (κ2) is 11.2. The van der Waals surface area contributed by atoms with Crippen molar-refractivity contribution in [3.63, 3.8) is 0 Å². The zero-order valence-electron chi connectivity index (χ0n) is 16.1. The summed E-state index contributed by atoms with van der Waals surface area (Å²) >= 11 is 0. The lowest BCUT2D eigenvalue weighted by Crippen LogP contribution is -2.45. The number of carbonyl (C=O) groups excluding carboxylic acids is 1. The Kier molecular flexibility index (Phi) is 8.92. The molecule has 0 atom stereocenters. The lowest BCUT2D eigenvalue weighted by molar-refractivity contribution is -0.118. The van der Waals surface area contributed by atoms with Crippen LogP contribution in [0.4, 0.5) is 0 Å². The van der Waals surface area contributed by atoms with E-state index in [1.165, 1.54) is 0 Å². The fourth-order valence-electron chi connectivity index (χ4n) is 2.84. The van der Waals surface area contributed by atoms with Gasteiger partial charge in [-0.25, -0.2) is 0 Å². The largest absolute Gasteiger partial charge is 0.497 e. The van der Waals surface area contributed by atoms with Crippen LogP contribution < -0.4 is 14.8 Å². The number of hydrogen-bond acceptors (Lipinski definition) is 5. The van der Waals surface area contributed by atoms with Gasteiger partial charge in [-0.15, -0.1) is 12.4 Å². The highest BCUT2D eigenvalue weighted by molar-refractivity contribution is 7.87. The Morgan fingerprint density at radius 1 is 0.964 bits per heavy atom.